The smallest absolute Gasteiger partial charge is 0.0659 e. The van der Waals surface area contributed by atoms with E-state index in [4.69, 9.17) is 0 Å². The van der Waals surface area contributed by atoms with Crippen LogP contribution >= 0.6 is 0 Å². The Balaban J connectivity index is 0.00000157. The summed E-state index contributed by atoms with van der Waals surface area (Å²) in [6, 6.07) is 0. The fraction of sp³-hybridized carbons (Fsp3) is 0. The first-order chi connectivity index (χ1) is 11.8. The number of nitrogens with zero attached hydrogens (tertiary/aromatic N) is 4. The van der Waals surface area contributed by atoms with Gasteiger partial charge in [-0.1, -0.05) is 0 Å². The Morgan fingerprint density at radius 2 is 0.600 bits per heavy atom. The van der Waals surface area contributed by atoms with Gasteiger partial charge >= 0.3 is 0 Å². The van der Waals surface area contributed by atoms with Crippen LogP contribution in [0.1, 0.15) is 0 Å². The Labute approximate surface area is 155 Å². The second-order valence-corrected chi connectivity index (χ2v) is 5.76. The van der Waals surface area contributed by atoms with Gasteiger partial charge in [-0.25, -0.2) is 20.0 Å². The van der Waals surface area contributed by atoms with E-state index < -0.39 is 0 Å². The van der Waals surface area contributed by atoms with Gasteiger partial charge in [0.25, 0.3) is 0 Å². The average molecular weight is 364 g/mol. The Bertz CT molecular complexity index is 848. The average Bonchev–Trinajstić information content (AvgIpc) is 3.32. The SMILES string of the molecule is C1=CC2=NC1=CC1=NC(=CC3=NC(=CC4=NC(=C2)C=C4)C=C3)C=C1.[Fe]. The van der Waals surface area contributed by atoms with Crippen molar-refractivity contribution in [1.29, 1.82) is 0 Å². The van der Waals surface area contributed by atoms with Gasteiger partial charge in [0.1, 0.15) is 0 Å². The van der Waals surface area contributed by atoms with E-state index in [2.05, 4.69) is 20.0 Å². The number of rotatable bonds is 0. The predicted octanol–water partition coefficient (Wildman–Crippen LogP) is 3.58. The zero-order valence-corrected chi connectivity index (χ0v) is 14.2. The van der Waals surface area contributed by atoms with Crippen LogP contribution < -0.4 is 0 Å². The molecule has 0 aromatic heterocycles. The van der Waals surface area contributed by atoms with Crippen LogP contribution in [0.3, 0.4) is 0 Å². The van der Waals surface area contributed by atoms with Crippen LogP contribution in [-0.4, -0.2) is 22.8 Å². The standard InChI is InChI=1S/C20H12N4.Fe/c1-2-14-10-16-5-6-18(23-16)12-20-8-7-19(24-20)11-17-4-3-15(22-17)9-13(1)21-14;/h1-12H;. The molecule has 0 fully saturated rings. The van der Waals surface area contributed by atoms with E-state index in [1.807, 2.05) is 72.9 Å². The molecular weight excluding hydrogens is 352 g/mol. The molecule has 8 bridgehead atoms. The summed E-state index contributed by atoms with van der Waals surface area (Å²) in [5.74, 6) is 0. The van der Waals surface area contributed by atoms with Crippen molar-refractivity contribution in [3.05, 3.63) is 95.7 Å². The van der Waals surface area contributed by atoms with Gasteiger partial charge in [-0.3, -0.25) is 0 Å². The molecule has 5 aliphatic heterocycles. The largest absolute Gasteiger partial charge is 0.249 e. The fourth-order valence-corrected chi connectivity index (χ4v) is 2.83. The van der Waals surface area contributed by atoms with Crippen LogP contribution in [0.15, 0.2) is 116 Å². The van der Waals surface area contributed by atoms with Gasteiger partial charge in [-0.2, -0.15) is 0 Å². The molecule has 0 aliphatic carbocycles. The van der Waals surface area contributed by atoms with Crippen molar-refractivity contribution in [3.8, 4) is 0 Å². The third-order valence-corrected chi connectivity index (χ3v) is 3.92. The summed E-state index contributed by atoms with van der Waals surface area (Å²) in [6.07, 6.45) is 23.8. The monoisotopic (exact) mass is 364 g/mol. The molecule has 0 saturated carbocycles. The van der Waals surface area contributed by atoms with Crippen LogP contribution in [0.25, 0.3) is 0 Å². The van der Waals surface area contributed by atoms with Gasteiger partial charge in [0.2, 0.25) is 0 Å². The third-order valence-electron chi connectivity index (χ3n) is 3.92. The van der Waals surface area contributed by atoms with Crippen molar-refractivity contribution >= 4 is 22.8 Å². The molecule has 0 aromatic rings. The minimum atomic E-state index is 0. The molecule has 0 atom stereocenters. The minimum Gasteiger partial charge on any atom is -0.249 e. The minimum absolute atomic E-state index is 0. The van der Waals surface area contributed by atoms with Crippen LogP contribution in [0.5, 0.6) is 0 Å². The van der Waals surface area contributed by atoms with Crippen molar-refractivity contribution in [2.75, 3.05) is 0 Å². The summed E-state index contributed by atoms with van der Waals surface area (Å²) >= 11 is 0. The molecule has 5 aliphatic rings. The summed E-state index contributed by atoms with van der Waals surface area (Å²) in [7, 11) is 0. The van der Waals surface area contributed by atoms with E-state index in [9.17, 15) is 0 Å². The zero-order valence-electron chi connectivity index (χ0n) is 13.1. The van der Waals surface area contributed by atoms with Crippen LogP contribution in [0.4, 0.5) is 0 Å². The fourth-order valence-electron chi connectivity index (χ4n) is 2.83. The Hall–Kier alpha value is -2.88. The maximum atomic E-state index is 4.59. The summed E-state index contributed by atoms with van der Waals surface area (Å²) in [4.78, 5) is 18.4. The molecule has 0 N–H and O–H groups in total. The molecule has 0 radical (unpaired) electrons. The molecule has 0 spiro atoms. The maximum Gasteiger partial charge on any atom is 0.0659 e. The van der Waals surface area contributed by atoms with Crippen LogP contribution in [-0.2, 0) is 17.1 Å². The number of hydrogen-bond acceptors (Lipinski definition) is 4. The van der Waals surface area contributed by atoms with Gasteiger partial charge in [0.05, 0.1) is 45.6 Å². The van der Waals surface area contributed by atoms with Crippen molar-refractivity contribution < 1.29 is 17.1 Å². The summed E-state index contributed by atoms with van der Waals surface area (Å²) in [5.41, 5.74) is 7.15. The number of allylic oxidation sites excluding steroid dienone is 12. The van der Waals surface area contributed by atoms with Crippen molar-refractivity contribution in [2.45, 2.75) is 0 Å². The van der Waals surface area contributed by atoms with E-state index in [1.54, 1.807) is 0 Å². The van der Waals surface area contributed by atoms with Crippen molar-refractivity contribution in [3.63, 3.8) is 0 Å². The van der Waals surface area contributed by atoms with E-state index in [1.165, 1.54) is 0 Å². The first kappa shape index (κ1) is 15.6. The molecule has 5 heteroatoms. The quantitative estimate of drug-likeness (QED) is 0.590. The third kappa shape index (κ3) is 3.20. The van der Waals surface area contributed by atoms with Gasteiger partial charge in [0.15, 0.2) is 0 Å². The summed E-state index contributed by atoms with van der Waals surface area (Å²) < 4.78 is 0. The molecule has 0 amide bonds. The van der Waals surface area contributed by atoms with Crippen molar-refractivity contribution in [1.82, 2.24) is 0 Å². The van der Waals surface area contributed by atoms with Gasteiger partial charge < -0.3 is 0 Å². The molecule has 4 nitrogen and oxygen atoms in total. The Morgan fingerprint density at radius 1 is 0.360 bits per heavy atom. The Morgan fingerprint density at radius 3 is 0.840 bits per heavy atom. The summed E-state index contributed by atoms with van der Waals surface area (Å²) in [5, 5.41) is 0. The Kier molecular flexibility index (Phi) is 3.88. The predicted molar refractivity (Wildman–Crippen MR) is 98.6 cm³/mol. The molecule has 5 rings (SSSR count). The second-order valence-electron chi connectivity index (χ2n) is 5.76. The van der Waals surface area contributed by atoms with Crippen LogP contribution in [0, 0.1) is 0 Å². The molecule has 0 saturated heterocycles. The van der Waals surface area contributed by atoms with E-state index in [0.717, 1.165) is 45.6 Å². The first-order valence-electron chi connectivity index (χ1n) is 7.74. The molecule has 120 valence electrons. The van der Waals surface area contributed by atoms with Gasteiger partial charge in [-0.15, -0.1) is 0 Å². The topological polar surface area (TPSA) is 49.4 Å². The van der Waals surface area contributed by atoms with Gasteiger partial charge in [-0.05, 0) is 72.9 Å². The zero-order chi connectivity index (χ0) is 15.9. The summed E-state index contributed by atoms with van der Waals surface area (Å²) in [6.45, 7) is 0. The first-order valence-corrected chi connectivity index (χ1v) is 7.74. The second kappa shape index (κ2) is 6.20. The van der Waals surface area contributed by atoms with E-state index >= 15 is 0 Å². The molecule has 5 heterocycles. The van der Waals surface area contributed by atoms with E-state index in [0.29, 0.717) is 0 Å². The molecule has 25 heavy (non-hydrogen) atoms. The molecule has 0 unspecified atom stereocenters. The number of fused-ring (bicyclic) bond motifs is 4. The van der Waals surface area contributed by atoms with Crippen molar-refractivity contribution in [2.24, 2.45) is 20.0 Å². The van der Waals surface area contributed by atoms with Gasteiger partial charge in [0, 0.05) is 17.1 Å². The normalized spacial score (nSPS) is 21.8. The van der Waals surface area contributed by atoms with E-state index in [-0.39, 0.29) is 17.1 Å². The molecule has 0 aromatic carbocycles. The number of hydrogen-bond donors (Lipinski definition) is 0. The van der Waals surface area contributed by atoms with Crippen LogP contribution in [0.2, 0.25) is 0 Å². The number of aliphatic imine (C=N–C) groups is 4. The molecular formula is C20H12FeN4. The maximum absolute atomic E-state index is 4.59.